The minimum absolute atomic E-state index is 0.128. The number of hydrogen-bond donors (Lipinski definition) is 1. The fourth-order valence-electron chi connectivity index (χ4n) is 4.20. The third-order valence-electron chi connectivity index (χ3n) is 5.81. The van der Waals surface area contributed by atoms with E-state index in [-0.39, 0.29) is 24.0 Å². The Morgan fingerprint density at radius 2 is 1.88 bits per heavy atom. The van der Waals surface area contributed by atoms with Crippen LogP contribution in [0, 0.1) is 11.8 Å². The van der Waals surface area contributed by atoms with E-state index in [1.54, 1.807) is 7.11 Å². The SMILES string of the molecule is COCCOC1CCC(C(=O)N[C@@H]2c3ccccc3CC[C@H]2C)CC1. The van der Waals surface area contributed by atoms with Gasteiger partial charge in [-0.15, -0.1) is 0 Å². The Kier molecular flexibility index (Phi) is 6.49. The molecule has 25 heavy (non-hydrogen) atoms. The van der Waals surface area contributed by atoms with Crippen LogP contribution in [0.15, 0.2) is 24.3 Å². The number of ether oxygens (including phenoxy) is 2. The van der Waals surface area contributed by atoms with Crippen molar-refractivity contribution in [2.75, 3.05) is 20.3 Å². The Morgan fingerprint density at radius 3 is 2.64 bits per heavy atom. The second-order valence-electron chi connectivity index (χ2n) is 7.54. The van der Waals surface area contributed by atoms with Crippen molar-refractivity contribution in [1.29, 1.82) is 0 Å². The standard InChI is InChI=1S/C21H31NO3/c1-15-7-8-16-5-3-4-6-19(16)20(15)22-21(23)17-9-11-18(12-10-17)25-14-13-24-2/h3-6,15,17-18,20H,7-14H2,1-2H3,(H,22,23)/t15-,17?,18?,20+/m1/s1. The molecule has 1 aromatic rings. The van der Waals surface area contributed by atoms with Gasteiger partial charge in [-0.1, -0.05) is 31.2 Å². The number of fused-ring (bicyclic) bond motifs is 1. The molecule has 1 N–H and O–H groups in total. The third kappa shape index (κ3) is 4.62. The van der Waals surface area contributed by atoms with Gasteiger partial charge in [-0.2, -0.15) is 0 Å². The van der Waals surface area contributed by atoms with Gasteiger partial charge in [0.05, 0.1) is 25.4 Å². The molecule has 0 heterocycles. The number of carbonyl (C=O) groups is 1. The van der Waals surface area contributed by atoms with E-state index in [1.807, 2.05) is 0 Å². The average molecular weight is 345 g/mol. The van der Waals surface area contributed by atoms with Crippen molar-refractivity contribution in [3.05, 3.63) is 35.4 Å². The van der Waals surface area contributed by atoms with Gasteiger partial charge in [-0.3, -0.25) is 4.79 Å². The molecule has 2 aliphatic carbocycles. The predicted molar refractivity (Wildman–Crippen MR) is 98.4 cm³/mol. The minimum Gasteiger partial charge on any atom is -0.382 e. The summed E-state index contributed by atoms with van der Waals surface area (Å²) >= 11 is 0. The summed E-state index contributed by atoms with van der Waals surface area (Å²) in [7, 11) is 1.69. The van der Waals surface area contributed by atoms with Crippen LogP contribution in [0.5, 0.6) is 0 Å². The maximum atomic E-state index is 12.8. The van der Waals surface area contributed by atoms with Crippen LogP contribution >= 0.6 is 0 Å². The Labute approximate surface area is 151 Å². The van der Waals surface area contributed by atoms with Gasteiger partial charge in [0.1, 0.15) is 0 Å². The first kappa shape index (κ1) is 18.4. The number of amides is 1. The minimum atomic E-state index is 0.128. The topological polar surface area (TPSA) is 47.6 Å². The molecule has 1 aromatic carbocycles. The van der Waals surface area contributed by atoms with Gasteiger partial charge >= 0.3 is 0 Å². The summed E-state index contributed by atoms with van der Waals surface area (Å²) in [5.41, 5.74) is 2.70. The molecule has 0 unspecified atom stereocenters. The van der Waals surface area contributed by atoms with Crippen LogP contribution in [-0.4, -0.2) is 32.3 Å². The van der Waals surface area contributed by atoms with Gasteiger partial charge in [-0.25, -0.2) is 0 Å². The lowest BCUT2D eigenvalue weighted by atomic mass is 9.80. The first-order valence-electron chi connectivity index (χ1n) is 9.67. The summed E-state index contributed by atoms with van der Waals surface area (Å²) < 4.78 is 10.8. The summed E-state index contributed by atoms with van der Waals surface area (Å²) in [6.07, 6.45) is 6.33. The second-order valence-corrected chi connectivity index (χ2v) is 7.54. The molecule has 2 aliphatic rings. The molecule has 0 radical (unpaired) electrons. The molecule has 0 spiro atoms. The van der Waals surface area contributed by atoms with Crippen LogP contribution in [-0.2, 0) is 20.7 Å². The summed E-state index contributed by atoms with van der Waals surface area (Å²) in [4.78, 5) is 12.8. The maximum absolute atomic E-state index is 12.8. The average Bonchev–Trinajstić information content (AvgIpc) is 2.65. The van der Waals surface area contributed by atoms with Crippen molar-refractivity contribution < 1.29 is 14.3 Å². The van der Waals surface area contributed by atoms with Crippen molar-refractivity contribution in [3.8, 4) is 0 Å². The summed E-state index contributed by atoms with van der Waals surface area (Å²) in [5.74, 6) is 0.847. The number of methoxy groups -OCH3 is 1. The molecule has 1 amide bonds. The molecule has 0 saturated heterocycles. The highest BCUT2D eigenvalue weighted by Gasteiger charge is 2.32. The fourth-order valence-corrected chi connectivity index (χ4v) is 4.20. The normalized spacial score (nSPS) is 29.0. The van der Waals surface area contributed by atoms with Crippen LogP contribution in [0.3, 0.4) is 0 Å². The van der Waals surface area contributed by atoms with Crippen LogP contribution in [0.4, 0.5) is 0 Å². The molecule has 0 aromatic heterocycles. The number of carbonyl (C=O) groups excluding carboxylic acids is 1. The van der Waals surface area contributed by atoms with E-state index in [1.165, 1.54) is 11.1 Å². The molecule has 138 valence electrons. The van der Waals surface area contributed by atoms with Gasteiger partial charge in [0, 0.05) is 13.0 Å². The van der Waals surface area contributed by atoms with Crippen molar-refractivity contribution in [2.24, 2.45) is 11.8 Å². The number of nitrogens with one attached hydrogen (secondary N) is 1. The lowest BCUT2D eigenvalue weighted by molar-refractivity contribution is -0.128. The molecule has 1 fully saturated rings. The van der Waals surface area contributed by atoms with E-state index >= 15 is 0 Å². The summed E-state index contributed by atoms with van der Waals surface area (Å²) in [6, 6.07) is 8.71. The summed E-state index contributed by atoms with van der Waals surface area (Å²) in [5, 5.41) is 3.36. The first-order valence-corrected chi connectivity index (χ1v) is 9.67. The Balaban J connectivity index is 1.53. The largest absolute Gasteiger partial charge is 0.382 e. The number of hydrogen-bond acceptors (Lipinski definition) is 3. The van der Waals surface area contributed by atoms with E-state index in [0.717, 1.165) is 38.5 Å². The molecular weight excluding hydrogens is 314 g/mol. The molecule has 4 nitrogen and oxygen atoms in total. The van der Waals surface area contributed by atoms with Crippen LogP contribution in [0.1, 0.15) is 56.2 Å². The molecule has 1 saturated carbocycles. The Bertz CT molecular complexity index is 566. The van der Waals surface area contributed by atoms with E-state index < -0.39 is 0 Å². The Morgan fingerprint density at radius 1 is 1.12 bits per heavy atom. The maximum Gasteiger partial charge on any atom is 0.223 e. The van der Waals surface area contributed by atoms with Crippen molar-refractivity contribution in [3.63, 3.8) is 0 Å². The van der Waals surface area contributed by atoms with Crippen LogP contribution < -0.4 is 5.32 Å². The van der Waals surface area contributed by atoms with Gasteiger partial charge in [-0.05, 0) is 55.6 Å². The Hall–Kier alpha value is -1.39. The zero-order valence-corrected chi connectivity index (χ0v) is 15.5. The molecular formula is C21H31NO3. The highest BCUT2D eigenvalue weighted by atomic mass is 16.5. The zero-order chi connectivity index (χ0) is 17.6. The fraction of sp³-hybridized carbons (Fsp3) is 0.667. The lowest BCUT2D eigenvalue weighted by Gasteiger charge is -2.34. The third-order valence-corrected chi connectivity index (χ3v) is 5.81. The second kappa shape index (κ2) is 8.81. The number of benzene rings is 1. The molecule has 0 bridgehead atoms. The lowest BCUT2D eigenvalue weighted by Crippen LogP contribution is -2.40. The summed E-state index contributed by atoms with van der Waals surface area (Å²) in [6.45, 7) is 3.54. The quantitative estimate of drug-likeness (QED) is 0.801. The van der Waals surface area contributed by atoms with Gasteiger partial charge < -0.3 is 14.8 Å². The molecule has 4 heteroatoms. The number of aryl methyl sites for hydroxylation is 1. The zero-order valence-electron chi connectivity index (χ0n) is 15.5. The smallest absolute Gasteiger partial charge is 0.223 e. The van der Waals surface area contributed by atoms with Crippen molar-refractivity contribution in [1.82, 2.24) is 5.32 Å². The first-order chi connectivity index (χ1) is 12.2. The molecule has 0 aliphatic heterocycles. The van der Waals surface area contributed by atoms with Gasteiger partial charge in [0.15, 0.2) is 0 Å². The van der Waals surface area contributed by atoms with Crippen molar-refractivity contribution in [2.45, 2.75) is 57.6 Å². The van der Waals surface area contributed by atoms with Crippen molar-refractivity contribution >= 4 is 5.91 Å². The van der Waals surface area contributed by atoms with Crippen LogP contribution in [0.2, 0.25) is 0 Å². The van der Waals surface area contributed by atoms with Crippen LogP contribution in [0.25, 0.3) is 0 Å². The highest BCUT2D eigenvalue weighted by Crippen LogP contribution is 2.35. The van der Waals surface area contributed by atoms with E-state index in [2.05, 4.69) is 36.5 Å². The predicted octanol–water partition coefficient (Wildman–Crippen LogP) is 3.65. The van der Waals surface area contributed by atoms with Gasteiger partial charge in [0.2, 0.25) is 5.91 Å². The van der Waals surface area contributed by atoms with Gasteiger partial charge in [0.25, 0.3) is 0 Å². The number of rotatable bonds is 6. The monoisotopic (exact) mass is 345 g/mol. The molecule has 2 atom stereocenters. The van der Waals surface area contributed by atoms with E-state index in [9.17, 15) is 4.79 Å². The highest BCUT2D eigenvalue weighted by molar-refractivity contribution is 5.79. The van der Waals surface area contributed by atoms with E-state index in [0.29, 0.717) is 19.1 Å². The molecule has 3 rings (SSSR count). The van der Waals surface area contributed by atoms with E-state index in [4.69, 9.17) is 9.47 Å².